The van der Waals surface area contributed by atoms with Gasteiger partial charge in [-0.3, -0.25) is 28.9 Å². The van der Waals surface area contributed by atoms with E-state index in [-0.39, 0.29) is 11.6 Å². The zero-order chi connectivity index (χ0) is 15.7. The molecular weight excluding hydrogens is 278 g/mol. The number of imide groups is 2. The van der Waals surface area contributed by atoms with E-state index in [1.54, 1.807) is 6.07 Å². The van der Waals surface area contributed by atoms with Crippen molar-refractivity contribution in [2.45, 2.75) is 6.92 Å². The Labute approximate surface area is 119 Å². The number of rotatable bonds is 2. The van der Waals surface area contributed by atoms with Gasteiger partial charge in [-0.1, -0.05) is 6.07 Å². The maximum absolute atomic E-state index is 11.9. The van der Waals surface area contributed by atoms with Crippen molar-refractivity contribution < 1.29 is 24.0 Å². The molecule has 0 saturated carbocycles. The van der Waals surface area contributed by atoms with E-state index in [0.29, 0.717) is 15.5 Å². The van der Waals surface area contributed by atoms with Gasteiger partial charge in [0, 0.05) is 19.7 Å². The highest BCUT2D eigenvalue weighted by Gasteiger charge is 2.44. The van der Waals surface area contributed by atoms with Gasteiger partial charge in [0.2, 0.25) is 5.91 Å². The molecule has 0 unspecified atom stereocenters. The number of carbonyl (C=O) groups excluding carboxylic acids is 5. The van der Waals surface area contributed by atoms with E-state index in [2.05, 4.69) is 5.32 Å². The average molecular weight is 289 g/mol. The third-order valence-corrected chi connectivity index (χ3v) is 2.81. The Morgan fingerprint density at radius 2 is 1.57 bits per heavy atom. The van der Waals surface area contributed by atoms with E-state index < -0.39 is 23.6 Å². The summed E-state index contributed by atoms with van der Waals surface area (Å²) in [5, 5.41) is 2.48. The molecule has 1 N–H and O–H groups in total. The molecule has 0 aromatic heterocycles. The van der Waals surface area contributed by atoms with Gasteiger partial charge in [-0.25, -0.2) is 4.90 Å². The first-order chi connectivity index (χ1) is 9.82. The van der Waals surface area contributed by atoms with Crippen molar-refractivity contribution in [1.82, 2.24) is 4.90 Å². The van der Waals surface area contributed by atoms with E-state index in [4.69, 9.17) is 0 Å². The second-order valence-corrected chi connectivity index (χ2v) is 4.35. The number of carbonyl (C=O) groups is 5. The van der Waals surface area contributed by atoms with Gasteiger partial charge in [0.05, 0.1) is 5.69 Å². The Balaban J connectivity index is 2.42. The first-order valence-corrected chi connectivity index (χ1v) is 5.91. The lowest BCUT2D eigenvalue weighted by molar-refractivity contribution is -0.158. The fraction of sp³-hybridized carbons (Fsp3) is 0.154. The van der Waals surface area contributed by atoms with Crippen molar-refractivity contribution >= 4 is 40.9 Å². The molecule has 0 aliphatic carbocycles. The molecule has 0 spiro atoms. The van der Waals surface area contributed by atoms with Crippen molar-refractivity contribution in [3.8, 4) is 0 Å². The fourth-order valence-electron chi connectivity index (χ4n) is 1.82. The summed E-state index contributed by atoms with van der Waals surface area (Å²) in [4.78, 5) is 59.0. The molecule has 2 rings (SSSR count). The van der Waals surface area contributed by atoms with Gasteiger partial charge in [0.1, 0.15) is 0 Å². The largest absolute Gasteiger partial charge is 0.326 e. The topological polar surface area (TPSA) is 104 Å². The minimum Gasteiger partial charge on any atom is -0.326 e. The maximum Gasteiger partial charge on any atom is 0.324 e. The zero-order valence-corrected chi connectivity index (χ0v) is 11.2. The van der Waals surface area contributed by atoms with E-state index >= 15 is 0 Å². The van der Waals surface area contributed by atoms with Gasteiger partial charge in [-0.05, 0) is 18.2 Å². The minimum absolute atomic E-state index is 0.0334. The van der Waals surface area contributed by atoms with Crippen LogP contribution in [-0.2, 0) is 24.0 Å². The van der Waals surface area contributed by atoms with E-state index in [1.807, 2.05) is 0 Å². The van der Waals surface area contributed by atoms with Crippen LogP contribution in [0.4, 0.5) is 11.4 Å². The van der Waals surface area contributed by atoms with Gasteiger partial charge in [-0.2, -0.15) is 0 Å². The van der Waals surface area contributed by atoms with Crippen LogP contribution in [0, 0.1) is 0 Å². The Hall–Kier alpha value is -3.03. The monoisotopic (exact) mass is 289 g/mol. The molecule has 8 nitrogen and oxygen atoms in total. The molecule has 1 aliphatic heterocycles. The summed E-state index contributed by atoms with van der Waals surface area (Å²) in [7, 11) is 1.06. The molecule has 1 heterocycles. The van der Waals surface area contributed by atoms with Crippen LogP contribution in [0.1, 0.15) is 6.92 Å². The van der Waals surface area contributed by atoms with Crippen molar-refractivity contribution in [3.63, 3.8) is 0 Å². The number of hydrogen-bond acceptors (Lipinski definition) is 5. The lowest BCUT2D eigenvalue weighted by atomic mass is 10.2. The van der Waals surface area contributed by atoms with Crippen LogP contribution in [0.25, 0.3) is 0 Å². The number of likely N-dealkylation sites (N-methyl/N-ethyl adjacent to an activating group) is 1. The van der Waals surface area contributed by atoms with Crippen LogP contribution < -0.4 is 10.2 Å². The summed E-state index contributed by atoms with van der Waals surface area (Å²) >= 11 is 0. The van der Waals surface area contributed by atoms with Gasteiger partial charge in [0.25, 0.3) is 0 Å². The summed E-state index contributed by atoms with van der Waals surface area (Å²) in [6.07, 6.45) is 0. The zero-order valence-electron chi connectivity index (χ0n) is 11.2. The molecule has 8 heteroatoms. The molecule has 1 aliphatic rings. The van der Waals surface area contributed by atoms with Crippen molar-refractivity contribution in [3.05, 3.63) is 24.3 Å². The lowest BCUT2D eigenvalue weighted by Crippen LogP contribution is -2.59. The summed E-state index contributed by atoms with van der Waals surface area (Å²) in [5.41, 5.74) is 0.366. The molecule has 0 bridgehead atoms. The third-order valence-electron chi connectivity index (χ3n) is 2.81. The highest BCUT2D eigenvalue weighted by molar-refractivity contribution is 6.61. The number of anilines is 2. The highest BCUT2D eigenvalue weighted by atomic mass is 16.2. The number of nitrogens with zero attached hydrogens (tertiary/aromatic N) is 2. The smallest absolute Gasteiger partial charge is 0.324 e. The quantitative estimate of drug-likeness (QED) is 0.584. The van der Waals surface area contributed by atoms with E-state index in [9.17, 15) is 24.0 Å². The maximum atomic E-state index is 11.9. The molecule has 1 aromatic rings. The highest BCUT2D eigenvalue weighted by Crippen LogP contribution is 2.22. The number of benzene rings is 1. The first kappa shape index (κ1) is 14.4. The second-order valence-electron chi connectivity index (χ2n) is 4.35. The number of hydrogen-bond donors (Lipinski definition) is 1. The molecule has 0 radical (unpaired) electrons. The molecule has 5 amide bonds. The van der Waals surface area contributed by atoms with Crippen LogP contribution in [0.2, 0.25) is 0 Å². The minimum atomic E-state index is -1.12. The van der Waals surface area contributed by atoms with Gasteiger partial charge >= 0.3 is 23.6 Å². The van der Waals surface area contributed by atoms with Gasteiger partial charge in [-0.15, -0.1) is 0 Å². The molecule has 1 fully saturated rings. The number of amides is 5. The summed E-state index contributed by atoms with van der Waals surface area (Å²) in [6, 6.07) is 5.73. The van der Waals surface area contributed by atoms with Crippen molar-refractivity contribution in [2.24, 2.45) is 0 Å². The Bertz CT molecular complexity index is 654. The lowest BCUT2D eigenvalue weighted by Gasteiger charge is -2.28. The molecule has 1 aromatic carbocycles. The SMILES string of the molecule is CC(=O)Nc1cccc(N2C(=O)C(=O)N(C)C(=O)C2=O)c1. The van der Waals surface area contributed by atoms with Crippen LogP contribution in [-0.4, -0.2) is 41.5 Å². The van der Waals surface area contributed by atoms with Gasteiger partial charge < -0.3 is 5.32 Å². The van der Waals surface area contributed by atoms with Crippen molar-refractivity contribution in [2.75, 3.05) is 17.3 Å². The predicted octanol–water partition coefficient (Wildman–Crippen LogP) is -0.497. The summed E-state index contributed by atoms with van der Waals surface area (Å²) in [6.45, 7) is 1.30. The number of piperazine rings is 1. The Morgan fingerprint density at radius 1 is 1.00 bits per heavy atom. The third kappa shape index (κ3) is 2.50. The Morgan fingerprint density at radius 3 is 2.10 bits per heavy atom. The predicted molar refractivity (Wildman–Crippen MR) is 71.0 cm³/mol. The molecule has 108 valence electrons. The van der Waals surface area contributed by atoms with Crippen LogP contribution in [0.3, 0.4) is 0 Å². The standard InChI is InChI=1S/C13H11N3O5/c1-7(17)14-8-4-3-5-9(6-8)16-12(20)10(18)15(2)11(19)13(16)21/h3-6H,1-2H3,(H,14,17). The molecule has 21 heavy (non-hydrogen) atoms. The van der Waals surface area contributed by atoms with Crippen LogP contribution in [0.15, 0.2) is 24.3 Å². The fourth-order valence-corrected chi connectivity index (χ4v) is 1.82. The first-order valence-electron chi connectivity index (χ1n) is 5.91. The summed E-state index contributed by atoms with van der Waals surface area (Å²) < 4.78 is 0. The van der Waals surface area contributed by atoms with Gasteiger partial charge in [0.15, 0.2) is 0 Å². The molecule has 1 saturated heterocycles. The number of nitrogens with one attached hydrogen (secondary N) is 1. The average Bonchev–Trinajstić information content (AvgIpc) is 2.43. The Kier molecular flexibility index (Phi) is 3.53. The second kappa shape index (κ2) is 5.16. The van der Waals surface area contributed by atoms with Crippen molar-refractivity contribution in [1.29, 1.82) is 0 Å². The van der Waals surface area contributed by atoms with E-state index in [1.165, 1.54) is 25.1 Å². The molecular formula is C13H11N3O5. The van der Waals surface area contributed by atoms with Crippen LogP contribution >= 0.6 is 0 Å². The molecule has 0 atom stereocenters. The van der Waals surface area contributed by atoms with Crippen LogP contribution in [0.5, 0.6) is 0 Å². The van der Waals surface area contributed by atoms with E-state index in [0.717, 1.165) is 7.05 Å². The normalized spacial score (nSPS) is 15.5. The summed E-state index contributed by atoms with van der Waals surface area (Å²) in [5.74, 6) is -4.77.